The molecule has 0 aliphatic carbocycles. The van der Waals surface area contributed by atoms with Crippen LogP contribution in [0.1, 0.15) is 12.5 Å². The molecule has 1 heterocycles. The molecule has 0 radical (unpaired) electrons. The maximum Gasteiger partial charge on any atom is 0.387 e. The van der Waals surface area contributed by atoms with E-state index in [1.165, 1.54) is 24.3 Å². The maximum atomic E-state index is 13.1. The Morgan fingerprint density at radius 1 is 1.06 bits per heavy atom. The van der Waals surface area contributed by atoms with Gasteiger partial charge in [-0.1, -0.05) is 36.4 Å². The fraction of sp³-hybridized carbons (Fsp3) is 0.174. The zero-order valence-electron chi connectivity index (χ0n) is 17.0. The SMILES string of the molecule is CC1(c2ccc3ccccc3c2)NC(=O)N(CC(=O)Nc2ccc(OC(F)F)cc2)C1=O. The van der Waals surface area contributed by atoms with Gasteiger partial charge in [-0.15, -0.1) is 0 Å². The second-order valence-corrected chi connectivity index (χ2v) is 7.46. The lowest BCUT2D eigenvalue weighted by Crippen LogP contribution is -2.42. The fourth-order valence-corrected chi connectivity index (χ4v) is 3.60. The van der Waals surface area contributed by atoms with Crippen LogP contribution in [0.25, 0.3) is 10.8 Å². The Bertz CT molecular complexity index is 1200. The van der Waals surface area contributed by atoms with Gasteiger partial charge in [0.2, 0.25) is 5.91 Å². The lowest BCUT2D eigenvalue weighted by atomic mass is 9.90. The molecule has 4 rings (SSSR count). The Kier molecular flexibility index (Phi) is 5.48. The molecule has 32 heavy (non-hydrogen) atoms. The molecule has 164 valence electrons. The molecule has 7 nitrogen and oxygen atoms in total. The summed E-state index contributed by atoms with van der Waals surface area (Å²) in [6, 6.07) is 17.7. The first-order chi connectivity index (χ1) is 15.3. The van der Waals surface area contributed by atoms with Crippen LogP contribution in [0, 0.1) is 0 Å². The van der Waals surface area contributed by atoms with Crippen molar-refractivity contribution in [3.63, 3.8) is 0 Å². The third-order valence-corrected chi connectivity index (χ3v) is 5.27. The van der Waals surface area contributed by atoms with E-state index in [9.17, 15) is 23.2 Å². The lowest BCUT2D eigenvalue weighted by Gasteiger charge is -2.22. The van der Waals surface area contributed by atoms with Gasteiger partial charge in [-0.2, -0.15) is 8.78 Å². The van der Waals surface area contributed by atoms with E-state index in [1.807, 2.05) is 36.4 Å². The van der Waals surface area contributed by atoms with Crippen molar-refractivity contribution in [1.29, 1.82) is 0 Å². The normalized spacial score (nSPS) is 18.2. The van der Waals surface area contributed by atoms with Crippen LogP contribution in [0.15, 0.2) is 66.7 Å². The molecular weight excluding hydrogens is 420 g/mol. The molecule has 1 aliphatic rings. The van der Waals surface area contributed by atoms with Gasteiger partial charge in [0.15, 0.2) is 0 Å². The molecule has 0 spiro atoms. The van der Waals surface area contributed by atoms with Gasteiger partial charge in [-0.3, -0.25) is 14.5 Å². The molecule has 0 saturated carbocycles. The number of hydrogen-bond acceptors (Lipinski definition) is 4. The second-order valence-electron chi connectivity index (χ2n) is 7.46. The highest BCUT2D eigenvalue weighted by Gasteiger charge is 2.49. The standard InChI is InChI=1S/C23H19F2N3O4/c1-23(16-7-6-14-4-2-3-5-15(14)12-16)20(30)28(22(31)27-23)13-19(29)26-17-8-10-18(11-9-17)32-21(24)25/h2-12,21H,13H2,1H3,(H,26,29)(H,27,31). The molecule has 1 saturated heterocycles. The van der Waals surface area contributed by atoms with Gasteiger partial charge in [0.1, 0.15) is 17.8 Å². The molecule has 1 unspecified atom stereocenters. The molecular formula is C23H19F2N3O4. The molecule has 4 amide bonds. The summed E-state index contributed by atoms with van der Waals surface area (Å²) in [7, 11) is 0. The zero-order valence-corrected chi connectivity index (χ0v) is 17.0. The van der Waals surface area contributed by atoms with Gasteiger partial charge in [0.05, 0.1) is 0 Å². The highest BCUT2D eigenvalue weighted by Crippen LogP contribution is 2.31. The Morgan fingerprint density at radius 2 is 1.75 bits per heavy atom. The number of carbonyl (C=O) groups is 3. The topological polar surface area (TPSA) is 87.7 Å². The van der Waals surface area contributed by atoms with Crippen molar-refractivity contribution in [3.8, 4) is 5.75 Å². The fourth-order valence-electron chi connectivity index (χ4n) is 3.60. The monoisotopic (exact) mass is 439 g/mol. The van der Waals surface area contributed by atoms with Crippen LogP contribution in [0.3, 0.4) is 0 Å². The number of carbonyl (C=O) groups excluding carboxylic acids is 3. The third kappa shape index (κ3) is 4.09. The number of halogens is 2. The van der Waals surface area contributed by atoms with Crippen molar-refractivity contribution in [2.24, 2.45) is 0 Å². The van der Waals surface area contributed by atoms with E-state index in [4.69, 9.17) is 0 Å². The van der Waals surface area contributed by atoms with Gasteiger partial charge in [-0.05, 0) is 53.6 Å². The molecule has 1 fully saturated rings. The van der Waals surface area contributed by atoms with Crippen molar-refractivity contribution in [1.82, 2.24) is 10.2 Å². The van der Waals surface area contributed by atoms with Crippen molar-refractivity contribution >= 4 is 34.3 Å². The summed E-state index contributed by atoms with van der Waals surface area (Å²) in [6.45, 7) is -1.85. The minimum Gasteiger partial charge on any atom is -0.435 e. The number of alkyl halides is 2. The largest absolute Gasteiger partial charge is 0.435 e. The Labute approximate surface area is 182 Å². The highest BCUT2D eigenvalue weighted by atomic mass is 19.3. The lowest BCUT2D eigenvalue weighted by molar-refractivity contribution is -0.133. The quantitative estimate of drug-likeness (QED) is 0.572. The first-order valence-electron chi connectivity index (χ1n) is 9.74. The maximum absolute atomic E-state index is 13.1. The average Bonchev–Trinajstić information content (AvgIpc) is 2.98. The average molecular weight is 439 g/mol. The predicted molar refractivity (Wildman–Crippen MR) is 113 cm³/mol. The number of nitrogens with one attached hydrogen (secondary N) is 2. The summed E-state index contributed by atoms with van der Waals surface area (Å²) in [5, 5.41) is 7.12. The van der Waals surface area contributed by atoms with E-state index in [2.05, 4.69) is 15.4 Å². The van der Waals surface area contributed by atoms with Crippen LogP contribution in [-0.4, -0.2) is 35.9 Å². The summed E-state index contributed by atoms with van der Waals surface area (Å²) in [4.78, 5) is 38.8. The molecule has 3 aromatic carbocycles. The number of hydrogen-bond donors (Lipinski definition) is 2. The number of urea groups is 1. The van der Waals surface area contributed by atoms with Crippen LogP contribution in [0.2, 0.25) is 0 Å². The van der Waals surface area contributed by atoms with Gasteiger partial charge < -0.3 is 15.4 Å². The number of ether oxygens (including phenoxy) is 1. The first kappa shape index (κ1) is 21.2. The highest BCUT2D eigenvalue weighted by molar-refractivity contribution is 6.10. The molecule has 2 N–H and O–H groups in total. The van der Waals surface area contributed by atoms with Gasteiger partial charge in [0, 0.05) is 5.69 Å². The van der Waals surface area contributed by atoms with E-state index >= 15 is 0 Å². The van der Waals surface area contributed by atoms with Crippen molar-refractivity contribution in [2.45, 2.75) is 19.1 Å². The molecule has 9 heteroatoms. The summed E-state index contributed by atoms with van der Waals surface area (Å²) >= 11 is 0. The van der Waals surface area contributed by atoms with E-state index < -0.39 is 36.5 Å². The van der Waals surface area contributed by atoms with Crippen molar-refractivity contribution < 1.29 is 27.9 Å². The van der Waals surface area contributed by atoms with Gasteiger partial charge >= 0.3 is 12.6 Å². The number of nitrogens with zero attached hydrogens (tertiary/aromatic N) is 1. The van der Waals surface area contributed by atoms with Crippen LogP contribution in [-0.2, 0) is 15.1 Å². The Balaban J connectivity index is 1.46. The second kappa shape index (κ2) is 8.26. The Hall–Kier alpha value is -4.01. The van der Waals surface area contributed by atoms with E-state index in [0.717, 1.165) is 15.7 Å². The van der Waals surface area contributed by atoms with Crippen molar-refractivity contribution in [3.05, 3.63) is 72.3 Å². The number of amides is 4. The van der Waals surface area contributed by atoms with E-state index in [0.29, 0.717) is 11.3 Å². The number of imide groups is 1. The summed E-state index contributed by atoms with van der Waals surface area (Å²) in [6.07, 6.45) is 0. The zero-order chi connectivity index (χ0) is 22.9. The summed E-state index contributed by atoms with van der Waals surface area (Å²) in [5.74, 6) is -1.22. The molecule has 0 bridgehead atoms. The van der Waals surface area contributed by atoms with Crippen LogP contribution < -0.4 is 15.4 Å². The number of rotatable bonds is 6. The van der Waals surface area contributed by atoms with Crippen LogP contribution in [0.5, 0.6) is 5.75 Å². The number of fused-ring (bicyclic) bond motifs is 1. The summed E-state index contributed by atoms with van der Waals surface area (Å²) < 4.78 is 28.7. The molecule has 1 atom stereocenters. The van der Waals surface area contributed by atoms with E-state index in [1.54, 1.807) is 13.0 Å². The number of benzene rings is 3. The smallest absolute Gasteiger partial charge is 0.387 e. The van der Waals surface area contributed by atoms with Crippen LogP contribution in [0.4, 0.5) is 19.3 Å². The number of anilines is 1. The van der Waals surface area contributed by atoms with E-state index in [-0.39, 0.29) is 5.75 Å². The minimum atomic E-state index is -2.95. The molecule has 3 aromatic rings. The predicted octanol–water partition coefficient (Wildman–Crippen LogP) is 3.85. The third-order valence-electron chi connectivity index (χ3n) is 5.27. The minimum absolute atomic E-state index is 0.0572. The molecule has 1 aliphatic heterocycles. The van der Waals surface area contributed by atoms with Crippen molar-refractivity contribution in [2.75, 3.05) is 11.9 Å². The van der Waals surface area contributed by atoms with Gasteiger partial charge in [0.25, 0.3) is 5.91 Å². The van der Waals surface area contributed by atoms with Gasteiger partial charge in [-0.25, -0.2) is 4.79 Å². The summed E-state index contributed by atoms with van der Waals surface area (Å²) in [5.41, 5.74) is -0.400. The molecule has 0 aromatic heterocycles. The first-order valence-corrected chi connectivity index (χ1v) is 9.74. The Morgan fingerprint density at radius 3 is 2.44 bits per heavy atom. The van der Waals surface area contributed by atoms with Crippen LogP contribution >= 0.6 is 0 Å².